The molecule has 0 unspecified atom stereocenters. The van der Waals surface area contributed by atoms with Gasteiger partial charge in [0, 0.05) is 24.5 Å². The van der Waals surface area contributed by atoms with Crippen molar-refractivity contribution in [2.45, 2.75) is 6.42 Å². The summed E-state index contributed by atoms with van der Waals surface area (Å²) < 4.78 is 0. The Labute approximate surface area is 66.0 Å². The van der Waals surface area contributed by atoms with Gasteiger partial charge in [0.15, 0.2) is 0 Å². The number of hydrogen-bond donors (Lipinski definition) is 1. The Balaban J connectivity index is 2.40. The summed E-state index contributed by atoms with van der Waals surface area (Å²) >= 11 is 0. The van der Waals surface area contributed by atoms with E-state index in [9.17, 15) is 0 Å². The standard InChI is InChI=1S/C9H10N2/c10-8-4-3-7-11-6-2-1-5-9(8)11/h1-3,5-7H,4,10H2. The molecular formula is C9H10N2. The van der Waals surface area contributed by atoms with Gasteiger partial charge in [-0.1, -0.05) is 12.2 Å². The Kier molecular flexibility index (Phi) is 1.32. The monoisotopic (exact) mass is 146 g/mol. The second-order valence-corrected chi connectivity index (χ2v) is 2.61. The second-order valence-electron chi connectivity index (χ2n) is 2.61. The molecule has 0 atom stereocenters. The van der Waals surface area contributed by atoms with Gasteiger partial charge in [-0.15, -0.1) is 0 Å². The first-order valence-electron chi connectivity index (χ1n) is 3.66. The average Bonchev–Trinajstić information content (AvgIpc) is 2.06. The van der Waals surface area contributed by atoms with Crippen LogP contribution in [0.4, 0.5) is 0 Å². The van der Waals surface area contributed by atoms with Crippen LogP contribution in [0.5, 0.6) is 0 Å². The minimum absolute atomic E-state index is 0.865. The number of rotatable bonds is 0. The molecule has 0 radical (unpaired) electrons. The molecule has 2 heteroatoms. The van der Waals surface area contributed by atoms with Crippen molar-refractivity contribution in [1.82, 2.24) is 4.90 Å². The molecule has 2 rings (SSSR count). The number of allylic oxidation sites excluding steroid dienone is 4. The van der Waals surface area contributed by atoms with E-state index < -0.39 is 0 Å². The van der Waals surface area contributed by atoms with E-state index in [-0.39, 0.29) is 0 Å². The topological polar surface area (TPSA) is 29.3 Å². The first kappa shape index (κ1) is 6.28. The summed E-state index contributed by atoms with van der Waals surface area (Å²) in [5.41, 5.74) is 7.84. The van der Waals surface area contributed by atoms with Crippen molar-refractivity contribution in [3.05, 3.63) is 48.1 Å². The van der Waals surface area contributed by atoms with Crippen molar-refractivity contribution in [1.29, 1.82) is 0 Å². The van der Waals surface area contributed by atoms with Crippen molar-refractivity contribution in [3.8, 4) is 0 Å². The lowest BCUT2D eigenvalue weighted by Crippen LogP contribution is -2.18. The molecule has 56 valence electrons. The minimum atomic E-state index is 0.865. The Hall–Kier alpha value is -1.44. The van der Waals surface area contributed by atoms with Gasteiger partial charge in [0.25, 0.3) is 0 Å². The van der Waals surface area contributed by atoms with Crippen LogP contribution in [-0.2, 0) is 0 Å². The van der Waals surface area contributed by atoms with Gasteiger partial charge in [0.2, 0.25) is 0 Å². The van der Waals surface area contributed by atoms with Crippen molar-refractivity contribution in [2.24, 2.45) is 5.73 Å². The summed E-state index contributed by atoms with van der Waals surface area (Å²) in [5, 5.41) is 0. The van der Waals surface area contributed by atoms with Gasteiger partial charge >= 0.3 is 0 Å². The summed E-state index contributed by atoms with van der Waals surface area (Å²) in [5.74, 6) is 0. The Morgan fingerprint density at radius 2 is 2.18 bits per heavy atom. The minimum Gasteiger partial charge on any atom is -0.400 e. The fourth-order valence-corrected chi connectivity index (χ4v) is 1.26. The smallest absolute Gasteiger partial charge is 0.0640 e. The predicted octanol–water partition coefficient (Wildman–Crippen LogP) is 1.46. The van der Waals surface area contributed by atoms with Crippen molar-refractivity contribution in [3.63, 3.8) is 0 Å². The first-order valence-corrected chi connectivity index (χ1v) is 3.66. The van der Waals surface area contributed by atoms with Gasteiger partial charge < -0.3 is 10.6 Å². The molecule has 0 aromatic rings. The lowest BCUT2D eigenvalue weighted by Gasteiger charge is -2.24. The van der Waals surface area contributed by atoms with E-state index in [1.807, 2.05) is 35.5 Å². The molecule has 2 aliphatic heterocycles. The van der Waals surface area contributed by atoms with Crippen molar-refractivity contribution < 1.29 is 0 Å². The molecule has 0 spiro atoms. The molecule has 0 bridgehead atoms. The van der Waals surface area contributed by atoms with E-state index in [0.717, 1.165) is 17.8 Å². The van der Waals surface area contributed by atoms with Crippen LogP contribution in [0.1, 0.15) is 6.42 Å². The zero-order chi connectivity index (χ0) is 7.68. The SMILES string of the molecule is NC1=C2C=CC=CN2C=CC1. The van der Waals surface area contributed by atoms with E-state index in [4.69, 9.17) is 5.73 Å². The highest BCUT2D eigenvalue weighted by Gasteiger charge is 2.10. The number of hydrogen-bond acceptors (Lipinski definition) is 2. The first-order chi connectivity index (χ1) is 5.38. The Morgan fingerprint density at radius 1 is 1.27 bits per heavy atom. The second kappa shape index (κ2) is 2.31. The van der Waals surface area contributed by atoms with E-state index in [2.05, 4.69) is 6.08 Å². The summed E-state index contributed by atoms with van der Waals surface area (Å²) in [4.78, 5) is 2.03. The number of nitrogens with zero attached hydrogens (tertiary/aromatic N) is 1. The summed E-state index contributed by atoms with van der Waals surface area (Å²) in [6.07, 6.45) is 13.0. The average molecular weight is 146 g/mol. The van der Waals surface area contributed by atoms with Crippen LogP contribution in [0.2, 0.25) is 0 Å². The Bertz CT molecular complexity index is 282. The summed E-state index contributed by atoms with van der Waals surface area (Å²) in [6.45, 7) is 0. The maximum Gasteiger partial charge on any atom is 0.0640 e. The molecule has 0 aromatic heterocycles. The molecular weight excluding hydrogens is 136 g/mol. The molecule has 0 aromatic carbocycles. The highest BCUT2D eigenvalue weighted by atomic mass is 15.1. The van der Waals surface area contributed by atoms with Gasteiger partial charge in [-0.05, 0) is 12.2 Å². The highest BCUT2D eigenvalue weighted by Crippen LogP contribution is 2.20. The quantitative estimate of drug-likeness (QED) is 0.560. The normalized spacial score (nSPS) is 20.9. The third-order valence-corrected chi connectivity index (χ3v) is 1.82. The summed E-state index contributed by atoms with van der Waals surface area (Å²) in [6, 6.07) is 0. The van der Waals surface area contributed by atoms with Crippen LogP contribution in [0, 0.1) is 0 Å². The summed E-state index contributed by atoms with van der Waals surface area (Å²) in [7, 11) is 0. The van der Waals surface area contributed by atoms with E-state index in [0.29, 0.717) is 0 Å². The molecule has 2 N–H and O–H groups in total. The molecule has 2 aliphatic rings. The van der Waals surface area contributed by atoms with Crippen LogP contribution in [0.25, 0.3) is 0 Å². The van der Waals surface area contributed by atoms with Crippen LogP contribution in [0.15, 0.2) is 48.1 Å². The fraction of sp³-hybridized carbons (Fsp3) is 0.111. The lowest BCUT2D eigenvalue weighted by atomic mass is 10.1. The number of nitrogens with two attached hydrogens (primary N) is 1. The zero-order valence-electron chi connectivity index (χ0n) is 6.20. The van der Waals surface area contributed by atoms with Crippen molar-refractivity contribution >= 4 is 0 Å². The molecule has 11 heavy (non-hydrogen) atoms. The van der Waals surface area contributed by atoms with E-state index in [1.54, 1.807) is 0 Å². The van der Waals surface area contributed by atoms with Crippen molar-refractivity contribution in [2.75, 3.05) is 0 Å². The van der Waals surface area contributed by atoms with Crippen LogP contribution < -0.4 is 5.73 Å². The van der Waals surface area contributed by atoms with Gasteiger partial charge in [-0.2, -0.15) is 0 Å². The van der Waals surface area contributed by atoms with Gasteiger partial charge in [0.05, 0.1) is 5.70 Å². The molecule has 0 saturated heterocycles. The third-order valence-electron chi connectivity index (χ3n) is 1.82. The molecule has 0 saturated carbocycles. The van der Waals surface area contributed by atoms with Crippen LogP contribution >= 0.6 is 0 Å². The molecule has 0 fully saturated rings. The van der Waals surface area contributed by atoms with Gasteiger partial charge in [0.1, 0.15) is 0 Å². The fourth-order valence-electron chi connectivity index (χ4n) is 1.26. The van der Waals surface area contributed by atoms with Crippen LogP contribution in [-0.4, -0.2) is 4.90 Å². The maximum atomic E-state index is 5.79. The lowest BCUT2D eigenvalue weighted by molar-refractivity contribution is 0.614. The van der Waals surface area contributed by atoms with Gasteiger partial charge in [-0.25, -0.2) is 0 Å². The Morgan fingerprint density at radius 3 is 3.00 bits per heavy atom. The van der Waals surface area contributed by atoms with Gasteiger partial charge in [-0.3, -0.25) is 0 Å². The van der Waals surface area contributed by atoms with E-state index in [1.165, 1.54) is 0 Å². The van der Waals surface area contributed by atoms with E-state index >= 15 is 0 Å². The third kappa shape index (κ3) is 0.963. The molecule has 0 aliphatic carbocycles. The molecule has 2 nitrogen and oxygen atoms in total. The number of fused-ring (bicyclic) bond motifs is 1. The highest BCUT2D eigenvalue weighted by molar-refractivity contribution is 5.35. The predicted molar refractivity (Wildman–Crippen MR) is 45.1 cm³/mol. The van der Waals surface area contributed by atoms with Crippen LogP contribution in [0.3, 0.4) is 0 Å². The zero-order valence-corrected chi connectivity index (χ0v) is 6.20. The maximum absolute atomic E-state index is 5.79. The molecule has 2 heterocycles. The largest absolute Gasteiger partial charge is 0.400 e. The molecule has 0 amide bonds.